The van der Waals surface area contributed by atoms with Crippen molar-refractivity contribution in [2.75, 3.05) is 31.1 Å². The molecule has 1 aromatic rings. The highest BCUT2D eigenvalue weighted by atomic mass is 19.3. The SMILES string of the molecule is O=C(C(F)F)N1CCN(c2ccc([N+](=O)[O-])cn2)CC1. The second-order valence-corrected chi connectivity index (χ2v) is 4.24. The highest BCUT2D eigenvalue weighted by molar-refractivity contribution is 5.79. The third-order valence-electron chi connectivity index (χ3n) is 3.05. The first-order valence-electron chi connectivity index (χ1n) is 5.91. The average Bonchev–Trinajstić information content (AvgIpc) is 2.46. The van der Waals surface area contributed by atoms with Crippen molar-refractivity contribution >= 4 is 17.4 Å². The van der Waals surface area contributed by atoms with Gasteiger partial charge in [-0.2, -0.15) is 8.78 Å². The van der Waals surface area contributed by atoms with Crippen molar-refractivity contribution in [1.82, 2.24) is 9.88 Å². The first-order valence-corrected chi connectivity index (χ1v) is 5.91. The lowest BCUT2D eigenvalue weighted by Gasteiger charge is -2.35. The Hall–Kier alpha value is -2.32. The number of carbonyl (C=O) groups excluding carboxylic acids is 1. The summed E-state index contributed by atoms with van der Waals surface area (Å²) in [6, 6.07) is 2.84. The largest absolute Gasteiger partial charge is 0.353 e. The predicted octanol–water partition coefficient (Wildman–Crippen LogP) is 0.903. The number of amides is 1. The van der Waals surface area contributed by atoms with E-state index in [0.717, 1.165) is 11.1 Å². The van der Waals surface area contributed by atoms with Crippen LogP contribution in [0.15, 0.2) is 18.3 Å². The van der Waals surface area contributed by atoms with Crippen LogP contribution in [0.5, 0.6) is 0 Å². The van der Waals surface area contributed by atoms with E-state index in [1.54, 1.807) is 4.90 Å². The van der Waals surface area contributed by atoms with Crippen LogP contribution in [0.3, 0.4) is 0 Å². The molecule has 1 aliphatic rings. The Morgan fingerprint density at radius 2 is 1.95 bits per heavy atom. The number of piperazine rings is 1. The van der Waals surface area contributed by atoms with Crippen molar-refractivity contribution in [1.29, 1.82) is 0 Å². The number of halogens is 2. The van der Waals surface area contributed by atoms with Crippen molar-refractivity contribution in [3.05, 3.63) is 28.4 Å². The van der Waals surface area contributed by atoms with Crippen molar-refractivity contribution < 1.29 is 18.5 Å². The number of carbonyl (C=O) groups is 1. The van der Waals surface area contributed by atoms with Crippen LogP contribution in [0.25, 0.3) is 0 Å². The third-order valence-corrected chi connectivity index (χ3v) is 3.05. The summed E-state index contributed by atoms with van der Waals surface area (Å²) in [6.07, 6.45) is -1.84. The van der Waals surface area contributed by atoms with Gasteiger partial charge in [0.2, 0.25) is 0 Å². The third kappa shape index (κ3) is 2.98. The van der Waals surface area contributed by atoms with Crippen molar-refractivity contribution in [2.45, 2.75) is 6.43 Å². The lowest BCUT2D eigenvalue weighted by atomic mass is 10.3. The molecular weight excluding hydrogens is 274 g/mol. The second-order valence-electron chi connectivity index (χ2n) is 4.24. The monoisotopic (exact) mass is 286 g/mol. The normalized spacial score (nSPS) is 15.6. The molecule has 7 nitrogen and oxygen atoms in total. The van der Waals surface area contributed by atoms with Gasteiger partial charge in [0, 0.05) is 32.2 Å². The summed E-state index contributed by atoms with van der Waals surface area (Å²) < 4.78 is 24.5. The van der Waals surface area contributed by atoms with Gasteiger partial charge in [-0.25, -0.2) is 4.98 Å². The Balaban J connectivity index is 1.97. The van der Waals surface area contributed by atoms with Gasteiger partial charge in [-0.15, -0.1) is 0 Å². The molecule has 1 fully saturated rings. The first kappa shape index (κ1) is 14.1. The van der Waals surface area contributed by atoms with Crippen molar-refractivity contribution in [2.24, 2.45) is 0 Å². The van der Waals surface area contributed by atoms with Gasteiger partial charge < -0.3 is 9.80 Å². The van der Waals surface area contributed by atoms with Crippen LogP contribution in [0, 0.1) is 10.1 Å². The quantitative estimate of drug-likeness (QED) is 0.609. The molecule has 0 saturated carbocycles. The minimum Gasteiger partial charge on any atom is -0.353 e. The fraction of sp³-hybridized carbons (Fsp3) is 0.455. The molecular formula is C11H12F2N4O3. The van der Waals surface area contributed by atoms with E-state index in [1.807, 2.05) is 0 Å². The first-order chi connectivity index (χ1) is 9.49. The topological polar surface area (TPSA) is 79.6 Å². The standard InChI is InChI=1S/C11H12F2N4O3/c12-10(13)11(18)16-5-3-15(4-6-16)9-2-1-8(7-14-9)17(19)20/h1-2,7,10H,3-6H2. The number of nitro groups is 1. The van der Waals surface area contributed by atoms with E-state index in [-0.39, 0.29) is 18.8 Å². The molecule has 0 spiro atoms. The summed E-state index contributed by atoms with van der Waals surface area (Å²) in [5.74, 6) is -0.638. The predicted molar refractivity (Wildman–Crippen MR) is 65.7 cm³/mol. The summed E-state index contributed by atoms with van der Waals surface area (Å²) in [4.78, 5) is 27.9. The average molecular weight is 286 g/mol. The van der Waals surface area contributed by atoms with E-state index in [1.165, 1.54) is 12.1 Å². The summed E-state index contributed by atoms with van der Waals surface area (Å²) in [5, 5.41) is 10.5. The molecule has 2 rings (SSSR count). The summed E-state index contributed by atoms with van der Waals surface area (Å²) in [7, 11) is 0. The Labute approximate surface area is 113 Å². The van der Waals surface area contributed by atoms with Crippen LogP contribution < -0.4 is 4.90 Å². The molecule has 0 atom stereocenters. The zero-order valence-corrected chi connectivity index (χ0v) is 10.4. The van der Waals surface area contributed by atoms with E-state index >= 15 is 0 Å². The van der Waals surface area contributed by atoms with Crippen LogP contribution >= 0.6 is 0 Å². The molecule has 1 saturated heterocycles. The summed E-state index contributed by atoms with van der Waals surface area (Å²) >= 11 is 0. The van der Waals surface area contributed by atoms with Crippen LogP contribution in [0.4, 0.5) is 20.3 Å². The Bertz CT molecular complexity index is 501. The molecule has 0 unspecified atom stereocenters. The van der Waals surface area contributed by atoms with Gasteiger partial charge in [0.1, 0.15) is 12.0 Å². The van der Waals surface area contributed by atoms with Gasteiger partial charge in [-0.1, -0.05) is 0 Å². The van der Waals surface area contributed by atoms with E-state index in [0.29, 0.717) is 18.9 Å². The molecule has 1 aromatic heterocycles. The van der Waals surface area contributed by atoms with Gasteiger partial charge in [-0.05, 0) is 6.07 Å². The van der Waals surface area contributed by atoms with Gasteiger partial charge in [0.25, 0.3) is 11.6 Å². The van der Waals surface area contributed by atoms with Gasteiger partial charge >= 0.3 is 6.43 Å². The maximum Gasteiger partial charge on any atom is 0.315 e. The minimum atomic E-state index is -2.99. The number of nitrogens with zero attached hydrogens (tertiary/aromatic N) is 4. The molecule has 1 aliphatic heterocycles. The molecule has 0 N–H and O–H groups in total. The number of rotatable bonds is 3. The molecule has 0 aliphatic carbocycles. The smallest absolute Gasteiger partial charge is 0.315 e. The second kappa shape index (κ2) is 5.76. The van der Waals surface area contributed by atoms with E-state index in [4.69, 9.17) is 0 Å². The lowest BCUT2D eigenvalue weighted by Crippen LogP contribution is -2.50. The Kier molecular flexibility index (Phi) is 4.06. The number of anilines is 1. The number of hydrogen-bond acceptors (Lipinski definition) is 5. The molecule has 9 heteroatoms. The van der Waals surface area contributed by atoms with E-state index < -0.39 is 17.3 Å². The molecule has 1 amide bonds. The number of aromatic nitrogens is 1. The highest BCUT2D eigenvalue weighted by Crippen LogP contribution is 2.17. The molecule has 0 radical (unpaired) electrons. The maximum atomic E-state index is 12.3. The van der Waals surface area contributed by atoms with E-state index in [2.05, 4.69) is 4.98 Å². The maximum absolute atomic E-state index is 12.3. The van der Waals surface area contributed by atoms with Gasteiger partial charge in [0.05, 0.1) is 4.92 Å². The molecule has 0 aromatic carbocycles. The van der Waals surface area contributed by atoms with Crippen LogP contribution in [-0.4, -0.2) is 53.3 Å². The Morgan fingerprint density at radius 1 is 1.30 bits per heavy atom. The Morgan fingerprint density at radius 3 is 2.40 bits per heavy atom. The molecule has 0 bridgehead atoms. The zero-order chi connectivity index (χ0) is 14.7. The van der Waals surface area contributed by atoms with Crippen LogP contribution in [-0.2, 0) is 4.79 Å². The van der Waals surface area contributed by atoms with Gasteiger partial charge in [0.15, 0.2) is 0 Å². The van der Waals surface area contributed by atoms with Gasteiger partial charge in [-0.3, -0.25) is 14.9 Å². The number of hydrogen-bond donors (Lipinski definition) is 0. The summed E-state index contributed by atoms with van der Waals surface area (Å²) in [5.41, 5.74) is -0.111. The van der Waals surface area contributed by atoms with Crippen molar-refractivity contribution in [3.8, 4) is 0 Å². The molecule has 2 heterocycles. The summed E-state index contributed by atoms with van der Waals surface area (Å²) in [6.45, 7) is 1.09. The van der Waals surface area contributed by atoms with Crippen LogP contribution in [0.2, 0.25) is 0 Å². The lowest BCUT2D eigenvalue weighted by molar-refractivity contribution is -0.385. The fourth-order valence-corrected chi connectivity index (χ4v) is 1.97. The van der Waals surface area contributed by atoms with Crippen molar-refractivity contribution in [3.63, 3.8) is 0 Å². The molecule has 20 heavy (non-hydrogen) atoms. The minimum absolute atomic E-state index is 0.111. The number of pyridine rings is 1. The fourth-order valence-electron chi connectivity index (χ4n) is 1.97. The molecule has 108 valence electrons. The number of alkyl halides is 2. The zero-order valence-electron chi connectivity index (χ0n) is 10.4. The highest BCUT2D eigenvalue weighted by Gasteiger charge is 2.27. The van der Waals surface area contributed by atoms with E-state index in [9.17, 15) is 23.7 Å². The van der Waals surface area contributed by atoms with Crippen LogP contribution in [0.1, 0.15) is 0 Å².